The molecule has 2 aromatic heterocycles. The number of benzene rings is 1. The van der Waals surface area contributed by atoms with Gasteiger partial charge in [-0.15, -0.1) is 0 Å². The van der Waals surface area contributed by atoms with E-state index < -0.39 is 5.63 Å². The van der Waals surface area contributed by atoms with Gasteiger partial charge >= 0.3 is 5.63 Å². The van der Waals surface area contributed by atoms with Crippen LogP contribution in [0.1, 0.15) is 36.0 Å². The van der Waals surface area contributed by atoms with Crippen LogP contribution in [-0.4, -0.2) is 23.0 Å². The molecule has 1 aliphatic carbocycles. The van der Waals surface area contributed by atoms with Gasteiger partial charge in [0.05, 0.1) is 17.2 Å². The number of carbonyl (C=O) groups excluding carboxylic acids is 1. The van der Waals surface area contributed by atoms with Gasteiger partial charge in [-0.1, -0.05) is 6.07 Å². The van der Waals surface area contributed by atoms with E-state index in [1.165, 1.54) is 18.4 Å². The molecule has 3 aromatic rings. The predicted molar refractivity (Wildman–Crippen MR) is 101 cm³/mol. The number of aromatic nitrogens is 1. The van der Waals surface area contributed by atoms with E-state index in [-0.39, 0.29) is 18.1 Å². The van der Waals surface area contributed by atoms with Crippen LogP contribution in [0, 0.1) is 0 Å². The van der Waals surface area contributed by atoms with Gasteiger partial charge in [-0.25, -0.2) is 4.79 Å². The number of hydrogen-bond acceptors (Lipinski definition) is 5. The molecular formula is C21H20N2O4. The van der Waals surface area contributed by atoms with Crippen LogP contribution >= 0.6 is 0 Å². The molecule has 1 N–H and O–H groups in total. The number of carbonyl (C=O) groups is 1. The maximum absolute atomic E-state index is 12.2. The summed E-state index contributed by atoms with van der Waals surface area (Å²) < 4.78 is 10.9. The lowest BCUT2D eigenvalue weighted by Gasteiger charge is -2.29. The molecule has 138 valence electrons. The Morgan fingerprint density at radius 1 is 1.11 bits per heavy atom. The Balaban J connectivity index is 1.31. The van der Waals surface area contributed by atoms with Crippen LogP contribution in [0.25, 0.3) is 10.9 Å². The summed E-state index contributed by atoms with van der Waals surface area (Å²) in [6, 6.07) is 12.7. The summed E-state index contributed by atoms with van der Waals surface area (Å²) in [5.41, 5.74) is 0.847. The Hall–Kier alpha value is -3.15. The van der Waals surface area contributed by atoms with Gasteiger partial charge in [-0.2, -0.15) is 0 Å². The summed E-state index contributed by atoms with van der Waals surface area (Å²) in [4.78, 5) is 27.5. The third-order valence-electron chi connectivity index (χ3n) is 4.85. The van der Waals surface area contributed by atoms with Crippen LogP contribution in [0.2, 0.25) is 0 Å². The fourth-order valence-corrected chi connectivity index (χ4v) is 3.40. The number of nitrogens with one attached hydrogen (secondary N) is 1. The van der Waals surface area contributed by atoms with Crippen LogP contribution in [0.15, 0.2) is 64.1 Å². The first-order valence-electron chi connectivity index (χ1n) is 9.08. The van der Waals surface area contributed by atoms with Gasteiger partial charge in [0, 0.05) is 23.7 Å². The van der Waals surface area contributed by atoms with Crippen LogP contribution < -0.4 is 15.7 Å². The van der Waals surface area contributed by atoms with Gasteiger partial charge in [-0.3, -0.25) is 9.78 Å². The van der Waals surface area contributed by atoms with Crippen molar-refractivity contribution in [2.24, 2.45) is 0 Å². The predicted octanol–water partition coefficient (Wildman–Crippen LogP) is 3.31. The van der Waals surface area contributed by atoms with E-state index in [1.807, 2.05) is 30.3 Å². The molecule has 1 aliphatic rings. The zero-order valence-corrected chi connectivity index (χ0v) is 14.8. The zero-order valence-electron chi connectivity index (χ0n) is 14.8. The molecule has 0 bridgehead atoms. The molecule has 4 rings (SSSR count). The maximum atomic E-state index is 12.2. The Kier molecular flexibility index (Phi) is 4.87. The molecule has 0 spiro atoms. The van der Waals surface area contributed by atoms with Crippen molar-refractivity contribution in [1.29, 1.82) is 0 Å². The summed E-state index contributed by atoms with van der Waals surface area (Å²) in [6.45, 7) is 0. The number of amides is 1. The molecular weight excluding hydrogens is 344 g/mol. The normalized spacial score (nSPS) is 19.6. The first-order chi connectivity index (χ1) is 13.2. The van der Waals surface area contributed by atoms with Crippen LogP contribution in [0.4, 0.5) is 0 Å². The first-order valence-corrected chi connectivity index (χ1v) is 9.08. The van der Waals surface area contributed by atoms with Crippen molar-refractivity contribution >= 4 is 16.8 Å². The topological polar surface area (TPSA) is 81.4 Å². The molecule has 1 saturated carbocycles. The molecule has 6 heteroatoms. The van der Waals surface area contributed by atoms with E-state index in [0.717, 1.165) is 42.3 Å². The fraction of sp³-hybridized carbons (Fsp3) is 0.286. The van der Waals surface area contributed by atoms with E-state index in [1.54, 1.807) is 6.20 Å². The third kappa shape index (κ3) is 4.16. The SMILES string of the molecule is O=C(NC1CCC(Oc2ccc3ncccc3c2)CC1)c1ccc(=O)oc1. The molecule has 0 aliphatic heterocycles. The maximum Gasteiger partial charge on any atom is 0.335 e. The number of pyridine rings is 1. The molecule has 2 heterocycles. The first kappa shape index (κ1) is 17.3. The summed E-state index contributed by atoms with van der Waals surface area (Å²) in [5, 5.41) is 4.06. The average Bonchev–Trinajstić information content (AvgIpc) is 2.70. The van der Waals surface area contributed by atoms with Crippen LogP contribution in [0.3, 0.4) is 0 Å². The molecule has 27 heavy (non-hydrogen) atoms. The standard InChI is InChI=1S/C21H20N2O4/c24-20-10-3-15(13-26-20)21(25)23-16-4-6-17(7-5-16)27-18-8-9-19-14(12-18)2-1-11-22-19/h1-3,8-13,16-17H,4-7H2,(H,23,25). The second-order valence-corrected chi connectivity index (χ2v) is 6.77. The van der Waals surface area contributed by atoms with Gasteiger partial charge in [-0.05, 0) is 56.0 Å². The van der Waals surface area contributed by atoms with Crippen LogP contribution in [0.5, 0.6) is 5.75 Å². The van der Waals surface area contributed by atoms with Gasteiger partial charge in [0.15, 0.2) is 0 Å². The average molecular weight is 364 g/mol. The monoisotopic (exact) mass is 364 g/mol. The zero-order chi connectivity index (χ0) is 18.6. The highest BCUT2D eigenvalue weighted by atomic mass is 16.5. The summed E-state index contributed by atoms with van der Waals surface area (Å²) in [5.74, 6) is 0.632. The van der Waals surface area contributed by atoms with E-state index in [4.69, 9.17) is 9.15 Å². The van der Waals surface area contributed by atoms with Gasteiger partial charge < -0.3 is 14.5 Å². The summed E-state index contributed by atoms with van der Waals surface area (Å²) >= 11 is 0. The highest BCUT2D eigenvalue weighted by molar-refractivity contribution is 5.93. The smallest absolute Gasteiger partial charge is 0.335 e. The van der Waals surface area contributed by atoms with Crippen molar-refractivity contribution in [1.82, 2.24) is 10.3 Å². The van der Waals surface area contributed by atoms with E-state index >= 15 is 0 Å². The van der Waals surface area contributed by atoms with E-state index in [0.29, 0.717) is 5.56 Å². The minimum absolute atomic E-state index is 0.102. The lowest BCUT2D eigenvalue weighted by molar-refractivity contribution is 0.0891. The molecule has 0 atom stereocenters. The molecule has 0 saturated heterocycles. The Labute approximate surface area is 156 Å². The second kappa shape index (κ2) is 7.61. The van der Waals surface area contributed by atoms with Crippen molar-refractivity contribution in [2.75, 3.05) is 0 Å². The minimum Gasteiger partial charge on any atom is -0.490 e. The number of fused-ring (bicyclic) bond motifs is 1. The highest BCUT2D eigenvalue weighted by Gasteiger charge is 2.24. The third-order valence-corrected chi connectivity index (χ3v) is 4.85. The molecule has 1 aromatic carbocycles. The number of hydrogen-bond donors (Lipinski definition) is 1. The number of nitrogens with zero attached hydrogens (tertiary/aromatic N) is 1. The second-order valence-electron chi connectivity index (χ2n) is 6.77. The number of ether oxygens (including phenoxy) is 1. The Morgan fingerprint density at radius 2 is 1.96 bits per heavy atom. The fourth-order valence-electron chi connectivity index (χ4n) is 3.40. The lowest BCUT2D eigenvalue weighted by atomic mass is 9.92. The minimum atomic E-state index is -0.464. The Bertz CT molecular complexity index is 986. The molecule has 1 amide bonds. The van der Waals surface area contributed by atoms with Crippen molar-refractivity contribution in [3.8, 4) is 5.75 Å². The van der Waals surface area contributed by atoms with Crippen molar-refractivity contribution in [3.63, 3.8) is 0 Å². The molecule has 0 unspecified atom stereocenters. The van der Waals surface area contributed by atoms with E-state index in [2.05, 4.69) is 10.3 Å². The molecule has 0 radical (unpaired) electrons. The van der Waals surface area contributed by atoms with E-state index in [9.17, 15) is 9.59 Å². The lowest BCUT2D eigenvalue weighted by Crippen LogP contribution is -2.39. The quantitative estimate of drug-likeness (QED) is 0.768. The Morgan fingerprint density at radius 3 is 2.74 bits per heavy atom. The van der Waals surface area contributed by atoms with Gasteiger partial charge in [0.2, 0.25) is 0 Å². The summed E-state index contributed by atoms with van der Waals surface area (Å²) in [7, 11) is 0. The van der Waals surface area contributed by atoms with Crippen LogP contribution in [-0.2, 0) is 0 Å². The van der Waals surface area contributed by atoms with Crippen molar-refractivity contribution in [2.45, 2.75) is 37.8 Å². The molecule has 1 fully saturated rings. The largest absolute Gasteiger partial charge is 0.490 e. The molecule has 6 nitrogen and oxygen atoms in total. The van der Waals surface area contributed by atoms with Gasteiger partial charge in [0.25, 0.3) is 5.91 Å². The summed E-state index contributed by atoms with van der Waals surface area (Å²) in [6.07, 6.45) is 6.56. The van der Waals surface area contributed by atoms with Crippen molar-refractivity contribution < 1.29 is 13.9 Å². The van der Waals surface area contributed by atoms with Gasteiger partial charge in [0.1, 0.15) is 12.0 Å². The highest BCUT2D eigenvalue weighted by Crippen LogP contribution is 2.26. The number of rotatable bonds is 4. The van der Waals surface area contributed by atoms with Crippen molar-refractivity contribution in [3.05, 3.63) is 70.9 Å².